The van der Waals surface area contributed by atoms with E-state index in [1.54, 1.807) is 0 Å². The molecule has 1 heterocycles. The van der Waals surface area contributed by atoms with Gasteiger partial charge in [0, 0.05) is 13.0 Å². The third kappa shape index (κ3) is 4.44. The van der Waals surface area contributed by atoms with Crippen molar-refractivity contribution < 1.29 is 23.9 Å². The molecule has 0 saturated carbocycles. The molecule has 1 saturated heterocycles. The summed E-state index contributed by atoms with van der Waals surface area (Å²) in [6, 6.07) is -0.782. The van der Waals surface area contributed by atoms with Gasteiger partial charge in [0.1, 0.15) is 17.9 Å². The van der Waals surface area contributed by atoms with E-state index >= 15 is 0 Å². The molecule has 0 aliphatic carbocycles. The number of ketones is 1. The van der Waals surface area contributed by atoms with Crippen LogP contribution in [0, 0.1) is 0 Å². The molecule has 0 radical (unpaired) electrons. The number of hydrogen-bond donors (Lipinski definition) is 1. The molecular formula is C12H19NO5. The number of esters is 1. The predicted molar refractivity (Wildman–Crippen MR) is 62.8 cm³/mol. The number of ether oxygens (including phenoxy) is 2. The van der Waals surface area contributed by atoms with Gasteiger partial charge in [0.15, 0.2) is 0 Å². The molecule has 0 aromatic heterocycles. The van der Waals surface area contributed by atoms with Gasteiger partial charge in [-0.2, -0.15) is 0 Å². The van der Waals surface area contributed by atoms with Gasteiger partial charge in [0.05, 0.1) is 7.11 Å². The first-order valence-corrected chi connectivity index (χ1v) is 6.04. The lowest BCUT2D eigenvalue weighted by molar-refractivity contribution is -0.146. The maximum Gasteiger partial charge on any atom is 0.328 e. The molecule has 2 atom stereocenters. The fourth-order valence-electron chi connectivity index (χ4n) is 1.79. The Balaban J connectivity index is 2.51. The summed E-state index contributed by atoms with van der Waals surface area (Å²) in [5.74, 6) is -0.885. The van der Waals surface area contributed by atoms with Gasteiger partial charge < -0.3 is 19.6 Å². The second-order valence-corrected chi connectivity index (χ2v) is 4.33. The standard InChI is InChI=1S/C12H19NO5/c1-8(14)5-6-9(12(16)17-2)13-11(15)10-4-3-7-18-10/h9-10H,3-7H2,1-2H3,(H,13,15)/t9-,10-/m1/s1. The van der Waals surface area contributed by atoms with Crippen LogP contribution < -0.4 is 5.32 Å². The zero-order valence-electron chi connectivity index (χ0n) is 10.7. The van der Waals surface area contributed by atoms with E-state index in [2.05, 4.69) is 10.1 Å². The Morgan fingerprint density at radius 1 is 1.44 bits per heavy atom. The van der Waals surface area contributed by atoms with Crippen LogP contribution in [0.3, 0.4) is 0 Å². The lowest BCUT2D eigenvalue weighted by Gasteiger charge is -2.18. The fourth-order valence-corrected chi connectivity index (χ4v) is 1.79. The number of carbonyl (C=O) groups is 3. The third-order valence-corrected chi connectivity index (χ3v) is 2.81. The molecule has 1 rings (SSSR count). The van der Waals surface area contributed by atoms with Crippen molar-refractivity contribution in [3.8, 4) is 0 Å². The summed E-state index contributed by atoms with van der Waals surface area (Å²) in [7, 11) is 1.25. The van der Waals surface area contributed by atoms with Crippen molar-refractivity contribution in [1.82, 2.24) is 5.32 Å². The van der Waals surface area contributed by atoms with Crippen LogP contribution in [0.1, 0.15) is 32.6 Å². The molecule has 1 aliphatic rings. The first-order valence-electron chi connectivity index (χ1n) is 6.04. The first-order chi connectivity index (χ1) is 8.54. The van der Waals surface area contributed by atoms with Crippen LogP contribution in [0.2, 0.25) is 0 Å². The van der Waals surface area contributed by atoms with Crippen LogP contribution in [-0.2, 0) is 23.9 Å². The molecule has 0 aromatic rings. The van der Waals surface area contributed by atoms with Crippen molar-refractivity contribution in [3.05, 3.63) is 0 Å². The maximum absolute atomic E-state index is 11.8. The SMILES string of the molecule is COC(=O)[C@@H](CCC(C)=O)NC(=O)[C@H]1CCCO1. The molecule has 0 spiro atoms. The minimum absolute atomic E-state index is 0.0322. The summed E-state index contributed by atoms with van der Waals surface area (Å²) in [6.07, 6.45) is 1.49. The summed E-state index contributed by atoms with van der Waals surface area (Å²) in [5, 5.41) is 2.57. The van der Waals surface area contributed by atoms with Gasteiger partial charge >= 0.3 is 5.97 Å². The molecule has 102 valence electrons. The Morgan fingerprint density at radius 3 is 2.67 bits per heavy atom. The second-order valence-electron chi connectivity index (χ2n) is 4.33. The molecule has 18 heavy (non-hydrogen) atoms. The third-order valence-electron chi connectivity index (χ3n) is 2.81. The summed E-state index contributed by atoms with van der Waals surface area (Å²) >= 11 is 0. The number of amides is 1. The van der Waals surface area contributed by atoms with E-state index in [9.17, 15) is 14.4 Å². The van der Waals surface area contributed by atoms with E-state index < -0.39 is 18.1 Å². The Bertz CT molecular complexity index is 322. The largest absolute Gasteiger partial charge is 0.467 e. The summed E-state index contributed by atoms with van der Waals surface area (Å²) in [5.41, 5.74) is 0. The first kappa shape index (κ1) is 14.6. The zero-order chi connectivity index (χ0) is 13.5. The number of Topliss-reactive ketones (excluding diaryl/α,β-unsaturated/α-hetero) is 1. The Labute approximate surface area is 106 Å². The molecule has 1 N–H and O–H groups in total. The monoisotopic (exact) mass is 257 g/mol. The van der Waals surface area contributed by atoms with Crippen LogP contribution in [0.15, 0.2) is 0 Å². The lowest BCUT2D eigenvalue weighted by Crippen LogP contribution is -2.46. The summed E-state index contributed by atoms with van der Waals surface area (Å²) < 4.78 is 9.83. The van der Waals surface area contributed by atoms with Crippen molar-refractivity contribution in [2.24, 2.45) is 0 Å². The average Bonchev–Trinajstić information content (AvgIpc) is 2.86. The molecule has 6 nitrogen and oxygen atoms in total. The van der Waals surface area contributed by atoms with Gasteiger partial charge in [-0.1, -0.05) is 0 Å². The summed E-state index contributed by atoms with van der Waals surface area (Å²) in [4.78, 5) is 34.2. The smallest absolute Gasteiger partial charge is 0.328 e. The molecule has 0 bridgehead atoms. The van der Waals surface area contributed by atoms with Crippen LogP contribution >= 0.6 is 0 Å². The highest BCUT2D eigenvalue weighted by atomic mass is 16.5. The van der Waals surface area contributed by atoms with Crippen molar-refractivity contribution in [2.75, 3.05) is 13.7 Å². The molecule has 1 fully saturated rings. The van der Waals surface area contributed by atoms with Crippen LogP contribution in [0.25, 0.3) is 0 Å². The van der Waals surface area contributed by atoms with E-state index in [4.69, 9.17) is 4.74 Å². The summed E-state index contributed by atoms with van der Waals surface area (Å²) in [6.45, 7) is 2.00. The molecule has 0 aromatic carbocycles. The minimum atomic E-state index is -0.782. The molecule has 1 aliphatic heterocycles. The van der Waals surface area contributed by atoms with Crippen molar-refractivity contribution in [1.29, 1.82) is 0 Å². The van der Waals surface area contributed by atoms with Gasteiger partial charge in [0.25, 0.3) is 0 Å². The number of methoxy groups -OCH3 is 1. The second kappa shape index (κ2) is 7.10. The van der Waals surface area contributed by atoms with E-state index in [-0.39, 0.29) is 24.5 Å². The Kier molecular flexibility index (Phi) is 5.77. The normalized spacial score (nSPS) is 20.2. The van der Waals surface area contributed by atoms with Crippen LogP contribution in [0.4, 0.5) is 0 Å². The minimum Gasteiger partial charge on any atom is -0.467 e. The highest BCUT2D eigenvalue weighted by Gasteiger charge is 2.28. The van der Waals surface area contributed by atoms with Crippen molar-refractivity contribution in [3.63, 3.8) is 0 Å². The average molecular weight is 257 g/mol. The quantitative estimate of drug-likeness (QED) is 0.687. The van der Waals surface area contributed by atoms with E-state index in [0.29, 0.717) is 13.0 Å². The highest BCUT2D eigenvalue weighted by molar-refractivity contribution is 5.87. The van der Waals surface area contributed by atoms with Crippen molar-refractivity contribution in [2.45, 2.75) is 44.8 Å². The Hall–Kier alpha value is -1.43. The van der Waals surface area contributed by atoms with Gasteiger partial charge in [0.2, 0.25) is 5.91 Å². The van der Waals surface area contributed by atoms with Crippen molar-refractivity contribution >= 4 is 17.7 Å². The molecule has 1 amide bonds. The number of hydrogen-bond acceptors (Lipinski definition) is 5. The number of nitrogens with one attached hydrogen (secondary N) is 1. The van der Waals surface area contributed by atoms with Crippen LogP contribution in [-0.4, -0.2) is 43.5 Å². The molecule has 0 unspecified atom stereocenters. The van der Waals surface area contributed by atoms with Gasteiger partial charge in [-0.3, -0.25) is 4.79 Å². The number of carbonyl (C=O) groups excluding carboxylic acids is 3. The van der Waals surface area contributed by atoms with E-state index in [1.807, 2.05) is 0 Å². The topological polar surface area (TPSA) is 81.7 Å². The van der Waals surface area contributed by atoms with Gasteiger partial charge in [-0.15, -0.1) is 0 Å². The lowest BCUT2D eigenvalue weighted by atomic mass is 10.1. The highest BCUT2D eigenvalue weighted by Crippen LogP contribution is 2.12. The van der Waals surface area contributed by atoms with Crippen LogP contribution in [0.5, 0.6) is 0 Å². The van der Waals surface area contributed by atoms with Gasteiger partial charge in [-0.05, 0) is 26.2 Å². The predicted octanol–water partition coefficient (Wildman–Crippen LogP) is 0.192. The van der Waals surface area contributed by atoms with E-state index in [1.165, 1.54) is 14.0 Å². The zero-order valence-corrected chi connectivity index (χ0v) is 10.7. The number of rotatable bonds is 6. The maximum atomic E-state index is 11.8. The fraction of sp³-hybridized carbons (Fsp3) is 0.750. The van der Waals surface area contributed by atoms with E-state index in [0.717, 1.165) is 6.42 Å². The molecular weight excluding hydrogens is 238 g/mol. The Morgan fingerprint density at radius 2 is 2.17 bits per heavy atom. The van der Waals surface area contributed by atoms with Gasteiger partial charge in [-0.25, -0.2) is 4.79 Å². The molecule has 6 heteroatoms.